The third kappa shape index (κ3) is 6.55. The summed E-state index contributed by atoms with van der Waals surface area (Å²) in [5.74, 6) is -0.268. The number of carbonyl (C=O) groups is 2. The lowest BCUT2D eigenvalue weighted by atomic mass is 10.0. The van der Waals surface area contributed by atoms with Gasteiger partial charge in [0.1, 0.15) is 23.8 Å². The van der Waals surface area contributed by atoms with Crippen molar-refractivity contribution >= 4 is 50.8 Å². The van der Waals surface area contributed by atoms with Gasteiger partial charge < -0.3 is 18.9 Å². The summed E-state index contributed by atoms with van der Waals surface area (Å²) in [6.45, 7) is 2.04. The average molecular weight is 649 g/mol. The Labute approximate surface area is 259 Å². The molecule has 1 aromatic heterocycles. The minimum Gasteiger partial charge on any atom is -0.465 e. The van der Waals surface area contributed by atoms with Gasteiger partial charge in [-0.15, -0.1) is 0 Å². The third-order valence-electron chi connectivity index (χ3n) is 8.25. The maximum absolute atomic E-state index is 12.5. The van der Waals surface area contributed by atoms with E-state index in [0.717, 1.165) is 49.2 Å². The minimum atomic E-state index is -3.94. The van der Waals surface area contributed by atoms with E-state index in [1.807, 2.05) is 16.9 Å². The molecule has 1 saturated heterocycles. The summed E-state index contributed by atoms with van der Waals surface area (Å²) in [5.41, 5.74) is 3.41. The number of aromatic nitrogens is 1. The highest BCUT2D eigenvalue weighted by molar-refractivity contribution is 7.90. The van der Waals surface area contributed by atoms with Crippen molar-refractivity contribution in [1.82, 2.24) is 9.88 Å². The number of benzene rings is 2. The van der Waals surface area contributed by atoms with Crippen molar-refractivity contribution in [1.29, 1.82) is 0 Å². The molecule has 2 bridgehead atoms. The minimum absolute atomic E-state index is 0.0833. The van der Waals surface area contributed by atoms with E-state index in [9.17, 15) is 18.0 Å². The molecule has 0 radical (unpaired) electrons. The number of piperidine rings is 1. The zero-order chi connectivity index (χ0) is 30.3. The van der Waals surface area contributed by atoms with Crippen LogP contribution in [0.5, 0.6) is 0 Å². The summed E-state index contributed by atoms with van der Waals surface area (Å²) in [5, 5.41) is 5.40. The van der Waals surface area contributed by atoms with Gasteiger partial charge in [0, 0.05) is 53.7 Å². The fourth-order valence-electron chi connectivity index (χ4n) is 6.02. The first-order valence-corrected chi connectivity index (χ1v) is 16.6. The zero-order valence-corrected chi connectivity index (χ0v) is 25.8. The molecular formula is C30H31Cl2N3O7S. The standard InChI is InChI=1S/C30H31Cl2N3O7S/c1-17(36)40-11-12-43(38,39)34-30(37)19-7-9-21(10-8-19)35-15-20-13-22(35)14-26(20)41-16-23-28(33-42-29(23)18-5-6-18)27-24(31)3-2-4-25(27)32/h2-4,7-10,18,20,22,26H,5-6,11-16H2,1H3,(H,34,37)/t20-,22-,26+/m0/s1. The third-order valence-corrected chi connectivity index (χ3v) is 10.1. The van der Waals surface area contributed by atoms with Crippen LogP contribution in [0.15, 0.2) is 47.0 Å². The molecule has 3 fully saturated rings. The maximum Gasteiger partial charge on any atom is 0.302 e. The van der Waals surface area contributed by atoms with Gasteiger partial charge in [-0.2, -0.15) is 0 Å². The molecule has 6 rings (SSSR count). The number of halogens is 2. The Kier molecular flexibility index (Phi) is 8.43. The molecule has 1 aliphatic heterocycles. The molecule has 228 valence electrons. The Morgan fingerprint density at radius 1 is 1.09 bits per heavy atom. The number of carbonyl (C=O) groups excluding carboxylic acids is 2. The molecular weight excluding hydrogens is 617 g/mol. The lowest BCUT2D eigenvalue weighted by molar-refractivity contribution is -0.140. The Morgan fingerprint density at radius 3 is 2.44 bits per heavy atom. The van der Waals surface area contributed by atoms with Gasteiger partial charge >= 0.3 is 5.97 Å². The van der Waals surface area contributed by atoms with Crippen LogP contribution in [0.25, 0.3) is 11.3 Å². The SMILES string of the molecule is CC(=O)OCCS(=O)(=O)NC(=O)c1ccc(N2C[C@@H]3C[C@H]2C[C@H]3OCc2c(-c3c(Cl)cccc3Cl)noc2C2CC2)cc1. The number of amides is 1. The summed E-state index contributed by atoms with van der Waals surface area (Å²) in [7, 11) is -3.94. The van der Waals surface area contributed by atoms with Crippen LogP contribution >= 0.6 is 23.2 Å². The van der Waals surface area contributed by atoms with E-state index in [0.29, 0.717) is 45.8 Å². The highest BCUT2D eigenvalue weighted by Crippen LogP contribution is 2.47. The van der Waals surface area contributed by atoms with Gasteiger partial charge in [-0.05, 0) is 62.1 Å². The van der Waals surface area contributed by atoms with Gasteiger partial charge in [0.05, 0.1) is 22.8 Å². The highest BCUT2D eigenvalue weighted by Gasteiger charge is 2.45. The molecule has 43 heavy (non-hydrogen) atoms. The van der Waals surface area contributed by atoms with Crippen molar-refractivity contribution in [3.8, 4) is 11.3 Å². The van der Waals surface area contributed by atoms with Gasteiger partial charge in [-0.25, -0.2) is 13.1 Å². The average Bonchev–Trinajstić information content (AvgIpc) is 3.41. The van der Waals surface area contributed by atoms with Gasteiger partial charge in [0.15, 0.2) is 0 Å². The Morgan fingerprint density at radius 2 is 1.81 bits per heavy atom. The van der Waals surface area contributed by atoms with E-state index < -0.39 is 27.7 Å². The largest absolute Gasteiger partial charge is 0.465 e. The van der Waals surface area contributed by atoms with E-state index in [-0.39, 0.29) is 18.3 Å². The molecule has 3 atom stereocenters. The number of rotatable bonds is 11. The van der Waals surface area contributed by atoms with Crippen molar-refractivity contribution in [3.05, 3.63) is 69.4 Å². The summed E-state index contributed by atoms with van der Waals surface area (Å²) in [6, 6.07) is 12.6. The number of anilines is 1. The molecule has 2 aliphatic carbocycles. The van der Waals surface area contributed by atoms with Crippen LogP contribution in [0.1, 0.15) is 60.2 Å². The van der Waals surface area contributed by atoms with E-state index >= 15 is 0 Å². The summed E-state index contributed by atoms with van der Waals surface area (Å²) < 4.78 is 43.2. The summed E-state index contributed by atoms with van der Waals surface area (Å²) >= 11 is 13.0. The Hall–Kier alpha value is -3.12. The summed E-state index contributed by atoms with van der Waals surface area (Å²) in [4.78, 5) is 25.7. The quantitative estimate of drug-likeness (QED) is 0.275. The monoisotopic (exact) mass is 647 g/mol. The number of esters is 1. The molecule has 10 nitrogen and oxygen atoms in total. The molecule has 3 aliphatic rings. The second kappa shape index (κ2) is 12.1. The van der Waals surface area contributed by atoms with Gasteiger partial charge in [-0.1, -0.05) is 34.4 Å². The fourth-order valence-corrected chi connectivity index (χ4v) is 7.40. The Balaban J connectivity index is 1.07. The maximum atomic E-state index is 12.5. The molecule has 2 aromatic carbocycles. The number of sulfonamides is 1. The first-order valence-electron chi connectivity index (χ1n) is 14.2. The van der Waals surface area contributed by atoms with Crippen molar-refractivity contribution in [3.63, 3.8) is 0 Å². The van der Waals surface area contributed by atoms with Gasteiger partial charge in [-0.3, -0.25) is 9.59 Å². The topological polar surface area (TPSA) is 128 Å². The van der Waals surface area contributed by atoms with Crippen LogP contribution in [-0.2, 0) is 30.9 Å². The number of hydrogen-bond donors (Lipinski definition) is 1. The van der Waals surface area contributed by atoms with Crippen LogP contribution in [0.4, 0.5) is 5.69 Å². The Bertz CT molecular complexity index is 1620. The lowest BCUT2D eigenvalue weighted by Crippen LogP contribution is -2.38. The molecule has 13 heteroatoms. The van der Waals surface area contributed by atoms with Crippen LogP contribution in [0.3, 0.4) is 0 Å². The number of nitrogens with zero attached hydrogens (tertiary/aromatic N) is 2. The molecule has 0 spiro atoms. The number of ether oxygens (including phenoxy) is 2. The van der Waals surface area contributed by atoms with E-state index in [1.54, 1.807) is 30.3 Å². The lowest BCUT2D eigenvalue weighted by Gasteiger charge is -2.33. The van der Waals surface area contributed by atoms with Crippen molar-refractivity contribution in [2.75, 3.05) is 23.8 Å². The highest BCUT2D eigenvalue weighted by atomic mass is 35.5. The van der Waals surface area contributed by atoms with E-state index in [1.165, 1.54) is 6.92 Å². The second-order valence-corrected chi connectivity index (χ2v) is 13.9. The van der Waals surface area contributed by atoms with Crippen molar-refractivity contribution < 1.29 is 32.0 Å². The molecule has 2 heterocycles. The smallest absolute Gasteiger partial charge is 0.302 e. The second-order valence-electron chi connectivity index (χ2n) is 11.3. The van der Waals surface area contributed by atoms with Crippen molar-refractivity contribution in [2.45, 2.75) is 57.3 Å². The van der Waals surface area contributed by atoms with Crippen molar-refractivity contribution in [2.24, 2.45) is 5.92 Å². The molecule has 2 saturated carbocycles. The number of nitrogens with one attached hydrogen (secondary N) is 1. The first-order chi connectivity index (χ1) is 20.6. The molecule has 3 aromatic rings. The van der Waals surface area contributed by atoms with E-state index in [4.69, 9.17) is 32.5 Å². The normalized spacial score (nSPS) is 21.3. The predicted molar refractivity (Wildman–Crippen MR) is 161 cm³/mol. The van der Waals surface area contributed by atoms with E-state index in [2.05, 4.69) is 14.8 Å². The van der Waals surface area contributed by atoms with Crippen LogP contribution in [-0.4, -0.2) is 56.5 Å². The zero-order valence-electron chi connectivity index (χ0n) is 23.4. The molecule has 0 unspecified atom stereocenters. The van der Waals surface area contributed by atoms with Crippen LogP contribution < -0.4 is 9.62 Å². The first kappa shape index (κ1) is 29.9. The summed E-state index contributed by atoms with van der Waals surface area (Å²) in [6.07, 6.45) is 4.07. The van der Waals surface area contributed by atoms with Gasteiger partial charge in [0.25, 0.3) is 5.91 Å². The molecule has 1 N–H and O–H groups in total. The number of fused-ring (bicyclic) bond motifs is 2. The fraction of sp³-hybridized carbons (Fsp3) is 0.433. The molecule has 1 amide bonds. The number of hydrogen-bond acceptors (Lipinski definition) is 9. The predicted octanol–water partition coefficient (Wildman–Crippen LogP) is 5.33. The van der Waals surface area contributed by atoms with Gasteiger partial charge in [0.2, 0.25) is 10.0 Å². The van der Waals surface area contributed by atoms with Crippen LogP contribution in [0, 0.1) is 5.92 Å². The van der Waals surface area contributed by atoms with Crippen LogP contribution in [0.2, 0.25) is 10.0 Å².